The van der Waals surface area contributed by atoms with E-state index in [1.54, 1.807) is 18.4 Å². The molecule has 0 unspecified atom stereocenters. The molecular weight excluding hydrogens is 262 g/mol. The van der Waals surface area contributed by atoms with Gasteiger partial charge in [0, 0.05) is 24.0 Å². The van der Waals surface area contributed by atoms with E-state index in [4.69, 9.17) is 14.6 Å². The number of nitrogens with zero attached hydrogens (tertiary/aromatic N) is 1. The molecule has 0 aliphatic carbocycles. The molecular formula is C14H17NO3S. The van der Waals surface area contributed by atoms with Gasteiger partial charge >= 0.3 is 0 Å². The molecule has 19 heavy (non-hydrogen) atoms. The molecule has 2 rings (SSSR count). The third-order valence-electron chi connectivity index (χ3n) is 2.68. The average Bonchev–Trinajstić information content (AvgIpc) is 2.78. The Labute approximate surface area is 116 Å². The van der Waals surface area contributed by atoms with Gasteiger partial charge in [-0.05, 0) is 19.1 Å². The van der Waals surface area contributed by atoms with Gasteiger partial charge in [0.2, 0.25) is 0 Å². The van der Waals surface area contributed by atoms with Crippen LogP contribution in [0.25, 0.3) is 0 Å². The van der Waals surface area contributed by atoms with Gasteiger partial charge in [0.05, 0.1) is 12.8 Å². The number of methoxy groups -OCH3 is 1. The first kappa shape index (κ1) is 13.8. The van der Waals surface area contributed by atoms with Crippen LogP contribution in [0.2, 0.25) is 0 Å². The van der Waals surface area contributed by atoms with E-state index in [1.165, 1.54) is 0 Å². The lowest BCUT2D eigenvalue weighted by atomic mass is 10.3. The van der Waals surface area contributed by atoms with Gasteiger partial charge in [0.1, 0.15) is 23.1 Å². The Bertz CT molecular complexity index is 539. The highest BCUT2D eigenvalue weighted by molar-refractivity contribution is 7.11. The van der Waals surface area contributed by atoms with Gasteiger partial charge in [0.15, 0.2) is 0 Å². The fourth-order valence-electron chi connectivity index (χ4n) is 1.72. The van der Waals surface area contributed by atoms with Crippen molar-refractivity contribution in [2.75, 3.05) is 13.7 Å². The van der Waals surface area contributed by atoms with Crippen LogP contribution in [0.3, 0.4) is 0 Å². The first-order valence-corrected chi connectivity index (χ1v) is 6.87. The number of thiazole rings is 1. The van der Waals surface area contributed by atoms with Crippen LogP contribution in [0.15, 0.2) is 24.3 Å². The maximum atomic E-state index is 8.95. The molecule has 1 aromatic carbocycles. The Morgan fingerprint density at radius 2 is 2.11 bits per heavy atom. The third-order valence-corrected chi connectivity index (χ3v) is 3.87. The highest BCUT2D eigenvalue weighted by Gasteiger charge is 2.07. The van der Waals surface area contributed by atoms with Crippen molar-refractivity contribution in [2.45, 2.75) is 20.0 Å². The summed E-state index contributed by atoms with van der Waals surface area (Å²) in [4.78, 5) is 5.56. The van der Waals surface area contributed by atoms with Gasteiger partial charge in [-0.1, -0.05) is 6.07 Å². The number of ether oxygens (including phenoxy) is 2. The average molecular weight is 279 g/mol. The summed E-state index contributed by atoms with van der Waals surface area (Å²) in [6.45, 7) is 2.54. The highest BCUT2D eigenvalue weighted by atomic mass is 32.1. The zero-order valence-electron chi connectivity index (χ0n) is 11.0. The summed E-state index contributed by atoms with van der Waals surface area (Å²) < 4.78 is 10.8. The monoisotopic (exact) mass is 279 g/mol. The van der Waals surface area contributed by atoms with E-state index >= 15 is 0 Å². The fraction of sp³-hybridized carbons (Fsp3) is 0.357. The molecule has 2 aromatic rings. The van der Waals surface area contributed by atoms with Crippen molar-refractivity contribution in [1.29, 1.82) is 0 Å². The normalized spacial score (nSPS) is 10.5. The third kappa shape index (κ3) is 3.68. The summed E-state index contributed by atoms with van der Waals surface area (Å²) in [6, 6.07) is 7.49. The van der Waals surface area contributed by atoms with Crippen LogP contribution in [0.1, 0.15) is 15.6 Å². The number of aliphatic hydroxyl groups excluding tert-OH is 1. The standard InChI is InChI=1S/C14H17NO3S/c1-10-13(6-7-16)19-14(15-10)9-18-12-5-3-4-11(8-12)17-2/h3-5,8,16H,6-7,9H2,1-2H3. The number of aryl methyl sites for hydroxylation is 1. The van der Waals surface area contributed by atoms with E-state index in [9.17, 15) is 0 Å². The second-order valence-corrected chi connectivity index (χ2v) is 5.23. The first-order chi connectivity index (χ1) is 9.22. The van der Waals surface area contributed by atoms with Crippen molar-refractivity contribution in [3.8, 4) is 11.5 Å². The molecule has 1 heterocycles. The number of rotatable bonds is 6. The van der Waals surface area contributed by atoms with Crippen LogP contribution in [0.5, 0.6) is 11.5 Å². The quantitative estimate of drug-likeness (QED) is 0.883. The van der Waals surface area contributed by atoms with E-state index in [1.807, 2.05) is 31.2 Å². The summed E-state index contributed by atoms with van der Waals surface area (Å²) in [5.41, 5.74) is 0.975. The van der Waals surface area contributed by atoms with E-state index in [0.29, 0.717) is 13.0 Å². The Kier molecular flexibility index (Phi) is 4.76. The number of aliphatic hydroxyl groups is 1. The molecule has 0 aliphatic rings. The van der Waals surface area contributed by atoms with E-state index < -0.39 is 0 Å². The Balaban J connectivity index is 1.99. The molecule has 0 spiro atoms. The van der Waals surface area contributed by atoms with Gasteiger partial charge in [-0.2, -0.15) is 0 Å². The molecule has 0 saturated carbocycles. The lowest BCUT2D eigenvalue weighted by molar-refractivity contribution is 0.300. The Hall–Kier alpha value is -1.59. The molecule has 102 valence electrons. The number of aromatic nitrogens is 1. The molecule has 4 nitrogen and oxygen atoms in total. The molecule has 5 heteroatoms. The van der Waals surface area contributed by atoms with Gasteiger partial charge in [-0.3, -0.25) is 0 Å². The lowest BCUT2D eigenvalue weighted by Gasteiger charge is -2.05. The second-order valence-electron chi connectivity index (χ2n) is 4.06. The van der Waals surface area contributed by atoms with Crippen LogP contribution in [0, 0.1) is 6.92 Å². The molecule has 0 fully saturated rings. The summed E-state index contributed by atoms with van der Waals surface area (Å²) in [5.74, 6) is 1.53. The smallest absolute Gasteiger partial charge is 0.140 e. The predicted molar refractivity (Wildman–Crippen MR) is 75.0 cm³/mol. The van der Waals surface area contributed by atoms with Crippen molar-refractivity contribution in [1.82, 2.24) is 4.98 Å². The van der Waals surface area contributed by atoms with Crippen molar-refractivity contribution < 1.29 is 14.6 Å². The zero-order valence-corrected chi connectivity index (χ0v) is 11.9. The number of hydrogen-bond donors (Lipinski definition) is 1. The SMILES string of the molecule is COc1cccc(OCc2nc(C)c(CCO)s2)c1. The number of hydrogen-bond acceptors (Lipinski definition) is 5. The second kappa shape index (κ2) is 6.54. The minimum absolute atomic E-state index is 0.152. The molecule has 0 saturated heterocycles. The lowest BCUT2D eigenvalue weighted by Crippen LogP contribution is -1.95. The Morgan fingerprint density at radius 3 is 2.84 bits per heavy atom. The zero-order chi connectivity index (χ0) is 13.7. The van der Waals surface area contributed by atoms with E-state index in [0.717, 1.165) is 27.1 Å². The summed E-state index contributed by atoms with van der Waals surface area (Å²) >= 11 is 1.59. The topological polar surface area (TPSA) is 51.6 Å². The van der Waals surface area contributed by atoms with Gasteiger partial charge in [0.25, 0.3) is 0 Å². The van der Waals surface area contributed by atoms with Gasteiger partial charge < -0.3 is 14.6 Å². The van der Waals surface area contributed by atoms with Crippen LogP contribution in [-0.2, 0) is 13.0 Å². The molecule has 0 amide bonds. The van der Waals surface area contributed by atoms with Crippen LogP contribution in [-0.4, -0.2) is 23.8 Å². The molecule has 0 atom stereocenters. The van der Waals surface area contributed by atoms with Crippen molar-refractivity contribution in [2.24, 2.45) is 0 Å². The fourth-order valence-corrected chi connectivity index (χ4v) is 2.69. The van der Waals surface area contributed by atoms with Crippen LogP contribution in [0.4, 0.5) is 0 Å². The summed E-state index contributed by atoms with van der Waals surface area (Å²) in [6.07, 6.45) is 0.655. The highest BCUT2D eigenvalue weighted by Crippen LogP contribution is 2.22. The maximum Gasteiger partial charge on any atom is 0.140 e. The molecule has 0 radical (unpaired) electrons. The minimum Gasteiger partial charge on any atom is -0.497 e. The van der Waals surface area contributed by atoms with E-state index in [-0.39, 0.29) is 6.61 Å². The van der Waals surface area contributed by atoms with Crippen LogP contribution < -0.4 is 9.47 Å². The summed E-state index contributed by atoms with van der Waals surface area (Å²) in [7, 11) is 1.63. The molecule has 1 aromatic heterocycles. The van der Waals surface area contributed by atoms with Gasteiger partial charge in [-0.15, -0.1) is 11.3 Å². The maximum absolute atomic E-state index is 8.95. The molecule has 0 aliphatic heterocycles. The molecule has 0 bridgehead atoms. The first-order valence-electron chi connectivity index (χ1n) is 6.06. The van der Waals surface area contributed by atoms with Crippen molar-refractivity contribution in [3.05, 3.63) is 39.8 Å². The van der Waals surface area contributed by atoms with Crippen LogP contribution >= 0.6 is 11.3 Å². The molecule has 1 N–H and O–H groups in total. The van der Waals surface area contributed by atoms with Gasteiger partial charge in [-0.25, -0.2) is 4.98 Å². The number of benzene rings is 1. The van der Waals surface area contributed by atoms with Crippen molar-refractivity contribution in [3.63, 3.8) is 0 Å². The minimum atomic E-state index is 0.152. The Morgan fingerprint density at radius 1 is 1.32 bits per heavy atom. The largest absolute Gasteiger partial charge is 0.497 e. The van der Waals surface area contributed by atoms with Crippen molar-refractivity contribution >= 4 is 11.3 Å². The van der Waals surface area contributed by atoms with E-state index in [2.05, 4.69) is 4.98 Å². The summed E-state index contributed by atoms with van der Waals surface area (Å²) in [5, 5.41) is 9.87. The predicted octanol–water partition coefficient (Wildman–Crippen LogP) is 2.57.